The normalized spacial score (nSPS) is 13.7. The van der Waals surface area contributed by atoms with Crippen LogP contribution >= 0.6 is 0 Å². The Hall–Kier alpha value is -3.22. The highest BCUT2D eigenvalue weighted by Crippen LogP contribution is 2.26. The second-order valence-electron chi connectivity index (χ2n) is 7.72. The van der Waals surface area contributed by atoms with Gasteiger partial charge in [0, 0.05) is 37.8 Å². The molecule has 1 aliphatic heterocycles. The van der Waals surface area contributed by atoms with E-state index in [1.165, 1.54) is 0 Å². The number of methoxy groups -OCH3 is 2. The molecular formula is C24H30N2O5. The maximum Gasteiger partial charge on any atom is 0.260 e. The van der Waals surface area contributed by atoms with Crippen LogP contribution in [0.4, 0.5) is 0 Å². The lowest BCUT2D eigenvalue weighted by Gasteiger charge is -2.35. The van der Waals surface area contributed by atoms with Gasteiger partial charge in [-0.05, 0) is 49.6 Å². The summed E-state index contributed by atoms with van der Waals surface area (Å²) < 4.78 is 16.4. The van der Waals surface area contributed by atoms with Gasteiger partial charge in [-0.3, -0.25) is 9.59 Å². The van der Waals surface area contributed by atoms with E-state index in [-0.39, 0.29) is 18.4 Å². The molecule has 2 amide bonds. The summed E-state index contributed by atoms with van der Waals surface area (Å²) in [5.41, 5.74) is 3.70. The molecule has 7 heteroatoms. The molecule has 7 nitrogen and oxygen atoms in total. The summed E-state index contributed by atoms with van der Waals surface area (Å²) in [6, 6.07) is 9.17. The van der Waals surface area contributed by atoms with Crippen molar-refractivity contribution in [2.75, 3.05) is 47.0 Å². The molecule has 0 atom stereocenters. The van der Waals surface area contributed by atoms with E-state index in [9.17, 15) is 9.59 Å². The number of aryl methyl sites for hydroxylation is 2. The van der Waals surface area contributed by atoms with E-state index in [2.05, 4.69) is 0 Å². The number of nitrogens with zero attached hydrogens (tertiary/aromatic N) is 2. The predicted molar refractivity (Wildman–Crippen MR) is 118 cm³/mol. The van der Waals surface area contributed by atoms with Gasteiger partial charge in [0.15, 0.2) is 6.61 Å². The maximum atomic E-state index is 12.9. The van der Waals surface area contributed by atoms with E-state index in [0.717, 1.165) is 22.4 Å². The van der Waals surface area contributed by atoms with Crippen LogP contribution in [-0.4, -0.2) is 68.6 Å². The first-order valence-electron chi connectivity index (χ1n) is 10.3. The fourth-order valence-corrected chi connectivity index (χ4v) is 3.65. The Morgan fingerprint density at radius 1 is 0.839 bits per heavy atom. The van der Waals surface area contributed by atoms with Gasteiger partial charge >= 0.3 is 0 Å². The molecule has 0 aromatic heterocycles. The van der Waals surface area contributed by atoms with E-state index in [0.29, 0.717) is 43.2 Å². The Kier molecular flexibility index (Phi) is 7.05. The molecule has 2 aromatic rings. The minimum Gasteiger partial charge on any atom is -0.497 e. The molecule has 0 unspecified atom stereocenters. The summed E-state index contributed by atoms with van der Waals surface area (Å²) in [4.78, 5) is 29.1. The number of amides is 2. The van der Waals surface area contributed by atoms with Crippen LogP contribution in [0.25, 0.3) is 0 Å². The van der Waals surface area contributed by atoms with Gasteiger partial charge in [-0.15, -0.1) is 0 Å². The Bertz CT molecular complexity index is 942. The molecule has 0 bridgehead atoms. The minimum atomic E-state index is -0.105. The monoisotopic (exact) mass is 426 g/mol. The van der Waals surface area contributed by atoms with Crippen molar-refractivity contribution in [3.05, 3.63) is 52.6 Å². The van der Waals surface area contributed by atoms with Gasteiger partial charge in [-0.2, -0.15) is 0 Å². The molecule has 1 heterocycles. The van der Waals surface area contributed by atoms with E-state index in [1.54, 1.807) is 42.2 Å². The van der Waals surface area contributed by atoms with Crippen LogP contribution in [0.2, 0.25) is 0 Å². The van der Waals surface area contributed by atoms with Crippen LogP contribution in [0.1, 0.15) is 27.0 Å². The van der Waals surface area contributed by atoms with Crippen molar-refractivity contribution >= 4 is 11.8 Å². The zero-order valence-electron chi connectivity index (χ0n) is 18.9. The van der Waals surface area contributed by atoms with Gasteiger partial charge in [-0.1, -0.05) is 12.1 Å². The molecule has 1 fully saturated rings. The van der Waals surface area contributed by atoms with Gasteiger partial charge in [0.25, 0.3) is 11.8 Å². The summed E-state index contributed by atoms with van der Waals surface area (Å²) in [6.07, 6.45) is 0. The SMILES string of the molecule is COc1cc(OC)cc(C(=O)N2CCN(C(=O)COc3c(C)ccc(C)c3C)CC2)c1. The highest BCUT2D eigenvalue weighted by molar-refractivity contribution is 5.95. The van der Waals surface area contributed by atoms with Gasteiger partial charge in [-0.25, -0.2) is 0 Å². The number of carbonyl (C=O) groups excluding carboxylic acids is 2. The van der Waals surface area contributed by atoms with Crippen LogP contribution in [-0.2, 0) is 4.79 Å². The molecule has 31 heavy (non-hydrogen) atoms. The Balaban J connectivity index is 1.57. The van der Waals surface area contributed by atoms with Gasteiger partial charge < -0.3 is 24.0 Å². The zero-order chi connectivity index (χ0) is 22.5. The van der Waals surface area contributed by atoms with Crippen molar-refractivity contribution in [3.63, 3.8) is 0 Å². The first-order valence-corrected chi connectivity index (χ1v) is 10.3. The number of hydrogen-bond acceptors (Lipinski definition) is 5. The third-order valence-electron chi connectivity index (χ3n) is 5.73. The number of piperazine rings is 1. The molecule has 0 spiro atoms. The summed E-state index contributed by atoms with van der Waals surface area (Å²) in [6.45, 7) is 7.87. The number of carbonyl (C=O) groups is 2. The lowest BCUT2D eigenvalue weighted by atomic mass is 10.1. The number of benzene rings is 2. The van der Waals surface area contributed by atoms with E-state index >= 15 is 0 Å². The highest BCUT2D eigenvalue weighted by Gasteiger charge is 2.26. The third-order valence-corrected chi connectivity index (χ3v) is 5.73. The Labute approximate surface area is 183 Å². The van der Waals surface area contributed by atoms with Crippen molar-refractivity contribution in [3.8, 4) is 17.2 Å². The Morgan fingerprint density at radius 3 is 1.97 bits per heavy atom. The summed E-state index contributed by atoms with van der Waals surface area (Å²) >= 11 is 0. The molecule has 2 aromatic carbocycles. The lowest BCUT2D eigenvalue weighted by Crippen LogP contribution is -2.51. The molecule has 0 saturated carbocycles. The third kappa shape index (κ3) is 5.10. The largest absolute Gasteiger partial charge is 0.497 e. The maximum absolute atomic E-state index is 12.9. The molecular weight excluding hydrogens is 396 g/mol. The minimum absolute atomic E-state index is 0.00778. The molecule has 0 N–H and O–H groups in total. The summed E-state index contributed by atoms with van der Waals surface area (Å²) in [5, 5.41) is 0. The fraction of sp³-hybridized carbons (Fsp3) is 0.417. The van der Waals surface area contributed by atoms with Crippen LogP contribution < -0.4 is 14.2 Å². The smallest absolute Gasteiger partial charge is 0.260 e. The van der Waals surface area contributed by atoms with Crippen molar-refractivity contribution in [1.29, 1.82) is 0 Å². The summed E-state index contributed by atoms with van der Waals surface area (Å²) in [7, 11) is 3.10. The zero-order valence-corrected chi connectivity index (χ0v) is 18.9. The first-order chi connectivity index (χ1) is 14.8. The van der Waals surface area contributed by atoms with Gasteiger partial charge in [0.1, 0.15) is 17.2 Å². The summed E-state index contributed by atoms with van der Waals surface area (Å²) in [5.74, 6) is 1.72. The predicted octanol–water partition coefficient (Wildman–Crippen LogP) is 2.99. The van der Waals surface area contributed by atoms with E-state index in [1.807, 2.05) is 32.9 Å². The van der Waals surface area contributed by atoms with Crippen molar-refractivity contribution < 1.29 is 23.8 Å². The second kappa shape index (κ2) is 9.73. The fourth-order valence-electron chi connectivity index (χ4n) is 3.65. The van der Waals surface area contributed by atoms with Crippen LogP contribution in [0.5, 0.6) is 17.2 Å². The number of ether oxygens (including phenoxy) is 3. The highest BCUT2D eigenvalue weighted by atomic mass is 16.5. The van der Waals surface area contributed by atoms with Crippen molar-refractivity contribution in [2.24, 2.45) is 0 Å². The molecule has 166 valence electrons. The van der Waals surface area contributed by atoms with Gasteiger partial charge in [0.05, 0.1) is 14.2 Å². The first kappa shape index (κ1) is 22.5. The number of hydrogen-bond donors (Lipinski definition) is 0. The standard InChI is InChI=1S/C24H30N2O5/c1-16-6-7-17(2)23(18(16)3)31-15-22(27)25-8-10-26(11-9-25)24(28)19-12-20(29-4)14-21(13-19)30-5/h6-7,12-14H,8-11,15H2,1-5H3. The topological polar surface area (TPSA) is 68.3 Å². The molecule has 0 aliphatic carbocycles. The molecule has 1 saturated heterocycles. The number of rotatable bonds is 6. The molecule has 3 rings (SSSR count). The average molecular weight is 427 g/mol. The van der Waals surface area contributed by atoms with Gasteiger partial charge in [0.2, 0.25) is 0 Å². The van der Waals surface area contributed by atoms with Crippen LogP contribution in [0.15, 0.2) is 30.3 Å². The quantitative estimate of drug-likeness (QED) is 0.710. The second-order valence-corrected chi connectivity index (χ2v) is 7.72. The van der Waals surface area contributed by atoms with E-state index in [4.69, 9.17) is 14.2 Å². The lowest BCUT2D eigenvalue weighted by molar-refractivity contribution is -0.134. The molecule has 0 radical (unpaired) electrons. The van der Waals surface area contributed by atoms with Crippen molar-refractivity contribution in [1.82, 2.24) is 9.80 Å². The average Bonchev–Trinajstić information content (AvgIpc) is 2.80. The Morgan fingerprint density at radius 2 is 1.39 bits per heavy atom. The van der Waals surface area contributed by atoms with E-state index < -0.39 is 0 Å². The molecule has 1 aliphatic rings. The van der Waals surface area contributed by atoms with Crippen molar-refractivity contribution in [2.45, 2.75) is 20.8 Å². The van der Waals surface area contributed by atoms with Crippen LogP contribution in [0.3, 0.4) is 0 Å². The van der Waals surface area contributed by atoms with Crippen LogP contribution in [0, 0.1) is 20.8 Å².